The summed E-state index contributed by atoms with van der Waals surface area (Å²) in [5.74, 6) is 1.18. The second kappa shape index (κ2) is 4.90. The third kappa shape index (κ3) is 2.67. The molecule has 0 aliphatic carbocycles. The van der Waals surface area contributed by atoms with E-state index in [-0.39, 0.29) is 11.7 Å². The number of anilines is 1. The quantitative estimate of drug-likeness (QED) is 0.910. The van der Waals surface area contributed by atoms with E-state index in [4.69, 9.17) is 5.73 Å². The lowest BCUT2D eigenvalue weighted by Gasteiger charge is -2.12. The van der Waals surface area contributed by atoms with Crippen LogP contribution in [0.1, 0.15) is 6.42 Å². The van der Waals surface area contributed by atoms with Crippen molar-refractivity contribution < 1.29 is 8.42 Å². The maximum Gasteiger partial charge on any atom is 0.150 e. The Morgan fingerprint density at radius 1 is 1.45 bits per heavy atom. The van der Waals surface area contributed by atoms with Gasteiger partial charge in [0.15, 0.2) is 9.84 Å². The highest BCUT2D eigenvalue weighted by Crippen LogP contribution is 2.25. The van der Waals surface area contributed by atoms with Crippen LogP contribution < -0.4 is 5.73 Å². The minimum Gasteiger partial charge on any atom is -0.384 e. The Hall–Kier alpha value is -1.89. The lowest BCUT2D eigenvalue weighted by molar-refractivity contribution is 0.493. The summed E-state index contributed by atoms with van der Waals surface area (Å²) < 4.78 is 25.0. The van der Waals surface area contributed by atoms with Crippen molar-refractivity contribution in [3.8, 4) is 11.3 Å². The maximum atomic E-state index is 11.5. The minimum atomic E-state index is -2.85. The highest BCUT2D eigenvalue weighted by molar-refractivity contribution is 7.91. The molecule has 2 aromatic heterocycles. The van der Waals surface area contributed by atoms with Gasteiger partial charge in [-0.25, -0.2) is 18.4 Å². The average Bonchev–Trinajstić information content (AvgIpc) is 2.96. The summed E-state index contributed by atoms with van der Waals surface area (Å²) >= 11 is 0. The van der Waals surface area contributed by atoms with Crippen LogP contribution in [0.3, 0.4) is 0 Å². The molecule has 1 fully saturated rings. The Kier molecular flexibility index (Phi) is 3.21. The number of nitrogens with two attached hydrogens (primary N) is 1. The first-order chi connectivity index (χ1) is 9.53. The van der Waals surface area contributed by atoms with E-state index in [2.05, 4.69) is 9.97 Å². The molecule has 0 aromatic carbocycles. The molecule has 0 bridgehead atoms. The van der Waals surface area contributed by atoms with E-state index in [0.717, 1.165) is 17.7 Å². The van der Waals surface area contributed by atoms with E-state index < -0.39 is 9.84 Å². The fraction of sp³-hybridized carbons (Fsp3) is 0.385. The van der Waals surface area contributed by atoms with Gasteiger partial charge in [-0.3, -0.25) is 0 Å². The summed E-state index contributed by atoms with van der Waals surface area (Å²) in [5.41, 5.74) is 7.57. The Morgan fingerprint density at radius 2 is 2.30 bits per heavy atom. The van der Waals surface area contributed by atoms with Gasteiger partial charge in [-0.1, -0.05) is 0 Å². The first-order valence-electron chi connectivity index (χ1n) is 6.46. The number of nitrogen functional groups attached to an aromatic ring is 1. The lowest BCUT2D eigenvalue weighted by Crippen LogP contribution is -2.12. The highest BCUT2D eigenvalue weighted by atomic mass is 32.2. The molecule has 106 valence electrons. The Morgan fingerprint density at radius 3 is 3.00 bits per heavy atom. The van der Waals surface area contributed by atoms with Gasteiger partial charge in [-0.05, 0) is 24.5 Å². The van der Waals surface area contributed by atoms with E-state index in [9.17, 15) is 8.42 Å². The molecule has 1 atom stereocenters. The van der Waals surface area contributed by atoms with Crippen LogP contribution >= 0.6 is 0 Å². The maximum absolute atomic E-state index is 11.5. The van der Waals surface area contributed by atoms with Crippen LogP contribution in [0.25, 0.3) is 11.3 Å². The second-order valence-electron chi connectivity index (χ2n) is 5.17. The van der Waals surface area contributed by atoms with Crippen LogP contribution in [0.4, 0.5) is 5.82 Å². The number of aromatic nitrogens is 3. The van der Waals surface area contributed by atoms with Crippen molar-refractivity contribution >= 4 is 15.7 Å². The van der Waals surface area contributed by atoms with Crippen LogP contribution in [0, 0.1) is 5.92 Å². The molecule has 2 N–H and O–H groups in total. The van der Waals surface area contributed by atoms with Crippen molar-refractivity contribution in [3.63, 3.8) is 0 Å². The lowest BCUT2D eigenvalue weighted by atomic mass is 10.1. The summed E-state index contributed by atoms with van der Waals surface area (Å²) in [4.78, 5) is 8.13. The number of sulfone groups is 1. The van der Waals surface area contributed by atoms with E-state index in [1.165, 1.54) is 0 Å². The fourth-order valence-electron chi connectivity index (χ4n) is 2.61. The molecule has 2 aromatic rings. The zero-order chi connectivity index (χ0) is 14.2. The van der Waals surface area contributed by atoms with E-state index in [0.29, 0.717) is 18.1 Å². The zero-order valence-electron chi connectivity index (χ0n) is 10.9. The van der Waals surface area contributed by atoms with Crippen molar-refractivity contribution in [1.29, 1.82) is 0 Å². The number of imidazole rings is 1. The topological polar surface area (TPSA) is 90.9 Å². The number of rotatable bonds is 3. The van der Waals surface area contributed by atoms with Crippen molar-refractivity contribution in [2.24, 2.45) is 5.92 Å². The molecule has 3 heterocycles. The number of hydrogen-bond acceptors (Lipinski definition) is 5. The molecule has 0 amide bonds. The van der Waals surface area contributed by atoms with Crippen molar-refractivity contribution in [3.05, 3.63) is 30.9 Å². The van der Waals surface area contributed by atoms with Crippen LogP contribution in [0.2, 0.25) is 0 Å². The fourth-order valence-corrected chi connectivity index (χ4v) is 4.46. The molecule has 1 saturated heterocycles. The first kappa shape index (κ1) is 13.1. The van der Waals surface area contributed by atoms with Gasteiger partial charge in [0.05, 0.1) is 29.7 Å². The monoisotopic (exact) mass is 292 g/mol. The van der Waals surface area contributed by atoms with Crippen molar-refractivity contribution in [2.45, 2.75) is 13.0 Å². The molecule has 1 unspecified atom stereocenters. The van der Waals surface area contributed by atoms with Gasteiger partial charge in [0, 0.05) is 18.3 Å². The molecule has 0 radical (unpaired) electrons. The average molecular weight is 292 g/mol. The molecule has 1 aliphatic rings. The van der Waals surface area contributed by atoms with Crippen LogP contribution in [0.15, 0.2) is 30.9 Å². The molecule has 6 nitrogen and oxygen atoms in total. The number of pyridine rings is 1. The van der Waals surface area contributed by atoms with Gasteiger partial charge in [0.2, 0.25) is 0 Å². The molecular weight excluding hydrogens is 276 g/mol. The van der Waals surface area contributed by atoms with Gasteiger partial charge in [-0.2, -0.15) is 0 Å². The zero-order valence-corrected chi connectivity index (χ0v) is 11.8. The predicted molar refractivity (Wildman–Crippen MR) is 76.6 cm³/mol. The van der Waals surface area contributed by atoms with Crippen LogP contribution in [-0.2, 0) is 16.4 Å². The summed E-state index contributed by atoms with van der Waals surface area (Å²) in [6.07, 6.45) is 5.87. The Labute approximate surface area is 117 Å². The molecule has 7 heteroatoms. The molecular formula is C13H16N4O2S. The van der Waals surface area contributed by atoms with E-state index in [1.54, 1.807) is 24.8 Å². The third-order valence-corrected chi connectivity index (χ3v) is 5.41. The van der Waals surface area contributed by atoms with Gasteiger partial charge in [-0.15, -0.1) is 0 Å². The van der Waals surface area contributed by atoms with E-state index >= 15 is 0 Å². The summed E-state index contributed by atoms with van der Waals surface area (Å²) in [6, 6.07) is 3.66. The van der Waals surface area contributed by atoms with Crippen molar-refractivity contribution in [1.82, 2.24) is 14.5 Å². The molecule has 3 rings (SSSR count). The molecule has 0 saturated carbocycles. The molecule has 1 aliphatic heterocycles. The standard InChI is InChI=1S/C13H16N4O2S/c14-13-5-11(1-3-16-13)12-6-15-9-17(12)7-10-2-4-20(18,19)8-10/h1,3,5-6,9-10H,2,4,7-8H2,(H2,14,16). The number of nitrogens with zero attached hydrogens (tertiary/aromatic N) is 3. The SMILES string of the molecule is Nc1cc(-c2cncn2CC2CCS(=O)(=O)C2)ccn1. The van der Waals surface area contributed by atoms with Crippen molar-refractivity contribution in [2.75, 3.05) is 17.2 Å². The summed E-state index contributed by atoms with van der Waals surface area (Å²) in [6.45, 7) is 0.663. The second-order valence-corrected chi connectivity index (χ2v) is 7.40. The van der Waals surface area contributed by atoms with Gasteiger partial charge in [0.25, 0.3) is 0 Å². The van der Waals surface area contributed by atoms with Crippen LogP contribution in [-0.4, -0.2) is 34.5 Å². The molecule has 0 spiro atoms. The largest absolute Gasteiger partial charge is 0.384 e. The van der Waals surface area contributed by atoms with Gasteiger partial charge < -0.3 is 10.3 Å². The third-order valence-electron chi connectivity index (χ3n) is 3.57. The summed E-state index contributed by atoms with van der Waals surface area (Å²) in [7, 11) is -2.85. The normalized spacial score (nSPS) is 21.1. The van der Waals surface area contributed by atoms with Gasteiger partial charge in [0.1, 0.15) is 5.82 Å². The Bertz CT molecular complexity index is 723. The Balaban J connectivity index is 1.84. The number of hydrogen-bond donors (Lipinski definition) is 1. The molecule has 20 heavy (non-hydrogen) atoms. The highest BCUT2D eigenvalue weighted by Gasteiger charge is 2.28. The van der Waals surface area contributed by atoms with E-state index in [1.807, 2.05) is 10.6 Å². The first-order valence-corrected chi connectivity index (χ1v) is 8.28. The summed E-state index contributed by atoms with van der Waals surface area (Å²) in [5, 5.41) is 0. The smallest absolute Gasteiger partial charge is 0.150 e. The van der Waals surface area contributed by atoms with Gasteiger partial charge >= 0.3 is 0 Å². The predicted octanol–water partition coefficient (Wildman–Crippen LogP) is 0.962. The van der Waals surface area contributed by atoms with Crippen LogP contribution in [0.5, 0.6) is 0 Å². The minimum absolute atomic E-state index is 0.159.